The zero-order valence-electron chi connectivity index (χ0n) is 9.95. The van der Waals surface area contributed by atoms with Crippen LogP contribution >= 0.6 is 15.9 Å². The van der Waals surface area contributed by atoms with Gasteiger partial charge in [-0.3, -0.25) is 4.90 Å². The Morgan fingerprint density at radius 1 is 1.19 bits per heavy atom. The van der Waals surface area contributed by atoms with E-state index in [0.29, 0.717) is 0 Å². The number of nitrogens with zero attached hydrogens (tertiary/aromatic N) is 1. The third-order valence-corrected chi connectivity index (χ3v) is 3.96. The first-order chi connectivity index (χ1) is 7.74. The zero-order valence-corrected chi connectivity index (χ0v) is 11.5. The predicted octanol–water partition coefficient (Wildman–Crippen LogP) is 4.07. The van der Waals surface area contributed by atoms with Crippen LogP contribution in [0.25, 0.3) is 0 Å². The normalized spacial score (nSPS) is 23.0. The molecular formula is C14H20BrN. The summed E-state index contributed by atoms with van der Waals surface area (Å²) in [6, 6.07) is 8.71. The van der Waals surface area contributed by atoms with Crippen molar-refractivity contribution in [2.75, 3.05) is 13.1 Å². The highest BCUT2D eigenvalue weighted by Gasteiger charge is 2.13. The van der Waals surface area contributed by atoms with Gasteiger partial charge in [-0.15, -0.1) is 0 Å². The van der Waals surface area contributed by atoms with Crippen molar-refractivity contribution >= 4 is 15.9 Å². The molecule has 0 N–H and O–H groups in total. The molecule has 0 saturated carbocycles. The average Bonchev–Trinajstić information content (AvgIpc) is 2.47. The minimum Gasteiger partial charge on any atom is -0.299 e. The molecule has 1 atom stereocenters. The summed E-state index contributed by atoms with van der Waals surface area (Å²) in [5.41, 5.74) is 1.43. The Hall–Kier alpha value is -0.340. The van der Waals surface area contributed by atoms with Crippen molar-refractivity contribution in [2.45, 2.75) is 32.7 Å². The van der Waals surface area contributed by atoms with Crippen LogP contribution in [0, 0.1) is 5.92 Å². The molecule has 1 aliphatic heterocycles. The molecule has 1 aliphatic rings. The average molecular weight is 282 g/mol. The van der Waals surface area contributed by atoms with Crippen molar-refractivity contribution in [3.05, 3.63) is 34.3 Å². The summed E-state index contributed by atoms with van der Waals surface area (Å²) < 4.78 is 1.17. The van der Waals surface area contributed by atoms with Crippen LogP contribution in [0.3, 0.4) is 0 Å². The Morgan fingerprint density at radius 3 is 2.69 bits per heavy atom. The Labute approximate surface area is 107 Å². The van der Waals surface area contributed by atoms with Crippen LogP contribution < -0.4 is 0 Å². The fourth-order valence-electron chi connectivity index (χ4n) is 2.33. The lowest BCUT2D eigenvalue weighted by atomic mass is 10.0. The van der Waals surface area contributed by atoms with Gasteiger partial charge in [-0.25, -0.2) is 0 Å². The van der Waals surface area contributed by atoms with Crippen molar-refractivity contribution in [2.24, 2.45) is 5.92 Å². The topological polar surface area (TPSA) is 3.24 Å². The molecule has 1 aromatic rings. The van der Waals surface area contributed by atoms with E-state index in [1.807, 2.05) is 0 Å². The van der Waals surface area contributed by atoms with Gasteiger partial charge in [0.1, 0.15) is 0 Å². The van der Waals surface area contributed by atoms with Gasteiger partial charge in [0.2, 0.25) is 0 Å². The van der Waals surface area contributed by atoms with E-state index in [0.717, 1.165) is 12.5 Å². The van der Waals surface area contributed by atoms with E-state index in [9.17, 15) is 0 Å². The number of rotatable bonds is 2. The van der Waals surface area contributed by atoms with Crippen LogP contribution in [0.1, 0.15) is 31.7 Å². The highest BCUT2D eigenvalue weighted by Crippen LogP contribution is 2.19. The molecule has 16 heavy (non-hydrogen) atoms. The van der Waals surface area contributed by atoms with Gasteiger partial charge < -0.3 is 0 Å². The summed E-state index contributed by atoms with van der Waals surface area (Å²) in [7, 11) is 0. The van der Waals surface area contributed by atoms with Crippen molar-refractivity contribution < 1.29 is 0 Å². The van der Waals surface area contributed by atoms with Crippen LogP contribution in [-0.2, 0) is 6.54 Å². The molecule has 0 bridgehead atoms. The minimum absolute atomic E-state index is 0.912. The van der Waals surface area contributed by atoms with E-state index in [2.05, 4.69) is 52.0 Å². The largest absolute Gasteiger partial charge is 0.299 e. The molecule has 0 aromatic heterocycles. The highest BCUT2D eigenvalue weighted by atomic mass is 79.9. The van der Waals surface area contributed by atoms with E-state index in [-0.39, 0.29) is 0 Å². The molecule has 1 fully saturated rings. The number of hydrogen-bond acceptors (Lipinski definition) is 1. The summed E-state index contributed by atoms with van der Waals surface area (Å²) in [6.45, 7) is 6.01. The van der Waals surface area contributed by atoms with Gasteiger partial charge in [0.15, 0.2) is 0 Å². The quantitative estimate of drug-likeness (QED) is 0.790. The monoisotopic (exact) mass is 281 g/mol. The summed E-state index contributed by atoms with van der Waals surface area (Å²) in [5, 5.41) is 0. The molecule has 0 amide bonds. The zero-order chi connectivity index (χ0) is 11.4. The van der Waals surface area contributed by atoms with Crippen LogP contribution in [0.15, 0.2) is 28.7 Å². The Morgan fingerprint density at radius 2 is 1.94 bits per heavy atom. The van der Waals surface area contributed by atoms with E-state index >= 15 is 0 Å². The molecule has 1 saturated heterocycles. The fraction of sp³-hybridized carbons (Fsp3) is 0.571. The highest BCUT2D eigenvalue weighted by molar-refractivity contribution is 9.10. The van der Waals surface area contributed by atoms with Gasteiger partial charge in [0.05, 0.1) is 0 Å². The summed E-state index contributed by atoms with van der Waals surface area (Å²) in [5.74, 6) is 0.912. The predicted molar refractivity (Wildman–Crippen MR) is 72.4 cm³/mol. The van der Waals surface area contributed by atoms with Gasteiger partial charge in [0.25, 0.3) is 0 Å². The molecule has 88 valence electrons. The first kappa shape index (κ1) is 12.1. The van der Waals surface area contributed by atoms with E-state index in [4.69, 9.17) is 0 Å². The lowest BCUT2D eigenvalue weighted by molar-refractivity contribution is 0.273. The van der Waals surface area contributed by atoms with Crippen LogP contribution in [0.2, 0.25) is 0 Å². The molecule has 1 unspecified atom stereocenters. The van der Waals surface area contributed by atoms with Gasteiger partial charge >= 0.3 is 0 Å². The Kier molecular flexibility index (Phi) is 4.42. The summed E-state index contributed by atoms with van der Waals surface area (Å²) >= 11 is 3.48. The molecule has 2 heteroatoms. The molecular weight excluding hydrogens is 262 g/mol. The minimum atomic E-state index is 0.912. The van der Waals surface area contributed by atoms with Gasteiger partial charge in [0, 0.05) is 11.0 Å². The molecule has 0 spiro atoms. The van der Waals surface area contributed by atoms with Gasteiger partial charge in [-0.1, -0.05) is 35.0 Å². The van der Waals surface area contributed by atoms with E-state index in [1.54, 1.807) is 0 Å². The number of likely N-dealkylation sites (tertiary alicyclic amines) is 1. The smallest absolute Gasteiger partial charge is 0.0233 e. The molecule has 2 rings (SSSR count). The number of hydrogen-bond donors (Lipinski definition) is 0. The standard InChI is InChI=1S/C14H20BrN/c1-12-3-2-9-16(10-8-12)11-13-4-6-14(15)7-5-13/h4-7,12H,2-3,8-11H2,1H3. The van der Waals surface area contributed by atoms with E-state index < -0.39 is 0 Å². The fourth-order valence-corrected chi connectivity index (χ4v) is 2.59. The van der Waals surface area contributed by atoms with Crippen LogP contribution in [0.4, 0.5) is 0 Å². The molecule has 1 nitrogen and oxygen atoms in total. The number of halogens is 1. The second-order valence-electron chi connectivity index (χ2n) is 4.94. The second-order valence-corrected chi connectivity index (χ2v) is 5.85. The number of benzene rings is 1. The van der Waals surface area contributed by atoms with Crippen LogP contribution in [0.5, 0.6) is 0 Å². The maximum atomic E-state index is 3.48. The van der Waals surface area contributed by atoms with Crippen molar-refractivity contribution in [3.8, 4) is 0 Å². The van der Waals surface area contributed by atoms with Gasteiger partial charge in [-0.2, -0.15) is 0 Å². The van der Waals surface area contributed by atoms with Crippen molar-refractivity contribution in [3.63, 3.8) is 0 Å². The molecule has 0 radical (unpaired) electrons. The molecule has 1 heterocycles. The Bertz CT molecular complexity index is 320. The lowest BCUT2D eigenvalue weighted by Gasteiger charge is -2.19. The van der Waals surface area contributed by atoms with Crippen molar-refractivity contribution in [1.82, 2.24) is 4.90 Å². The Balaban J connectivity index is 1.91. The molecule has 1 aromatic carbocycles. The SMILES string of the molecule is CC1CCCN(Cc2ccc(Br)cc2)CC1. The maximum absolute atomic E-state index is 3.48. The first-order valence-corrected chi connectivity index (χ1v) is 7.00. The van der Waals surface area contributed by atoms with E-state index in [1.165, 1.54) is 42.4 Å². The second kappa shape index (κ2) is 5.83. The van der Waals surface area contributed by atoms with Gasteiger partial charge in [-0.05, 0) is 56.0 Å². The lowest BCUT2D eigenvalue weighted by Crippen LogP contribution is -2.24. The first-order valence-electron chi connectivity index (χ1n) is 6.21. The maximum Gasteiger partial charge on any atom is 0.0233 e. The third-order valence-electron chi connectivity index (χ3n) is 3.43. The molecule has 0 aliphatic carbocycles. The third kappa shape index (κ3) is 3.60. The summed E-state index contributed by atoms with van der Waals surface area (Å²) in [6.07, 6.45) is 4.12. The van der Waals surface area contributed by atoms with Crippen molar-refractivity contribution in [1.29, 1.82) is 0 Å². The van der Waals surface area contributed by atoms with Crippen LogP contribution in [-0.4, -0.2) is 18.0 Å². The summed E-state index contributed by atoms with van der Waals surface area (Å²) in [4.78, 5) is 2.59.